The van der Waals surface area contributed by atoms with Crippen LogP contribution in [0.3, 0.4) is 0 Å². The Morgan fingerprint density at radius 3 is 1.48 bits per heavy atom. The van der Waals surface area contributed by atoms with Crippen molar-refractivity contribution in [1.82, 2.24) is 19.1 Å². The van der Waals surface area contributed by atoms with Crippen LogP contribution in [0.25, 0.3) is 32.7 Å². The van der Waals surface area contributed by atoms with Gasteiger partial charge in [-0.3, -0.25) is 0 Å². The molecule has 0 unspecified atom stereocenters. The molecule has 0 radical (unpaired) electrons. The second-order valence-corrected chi connectivity index (χ2v) is 9.49. The fourth-order valence-electron chi connectivity index (χ4n) is 5.22. The van der Waals surface area contributed by atoms with Gasteiger partial charge in [-0.1, -0.05) is 48.5 Å². The van der Waals surface area contributed by atoms with Crippen LogP contribution in [0.5, 0.6) is 11.5 Å². The second kappa shape index (κ2) is 11.6. The molecule has 4 aromatic carbocycles. The summed E-state index contributed by atoms with van der Waals surface area (Å²) >= 11 is 0. The molecule has 6 rings (SSSR count). The van der Waals surface area contributed by atoms with Gasteiger partial charge >= 0.3 is 0 Å². The van der Waals surface area contributed by atoms with Crippen LogP contribution in [0.4, 0.5) is 0 Å². The van der Waals surface area contributed by atoms with Gasteiger partial charge in [0.15, 0.2) is 13.6 Å². The van der Waals surface area contributed by atoms with E-state index in [4.69, 9.17) is 18.9 Å². The third-order valence-electron chi connectivity index (χ3n) is 6.87. The molecule has 0 saturated carbocycles. The molecule has 0 aliphatic heterocycles. The van der Waals surface area contributed by atoms with Gasteiger partial charge in [0, 0.05) is 61.3 Å². The molecule has 8 heteroatoms. The van der Waals surface area contributed by atoms with Crippen molar-refractivity contribution in [2.45, 2.75) is 13.1 Å². The lowest BCUT2D eigenvalue weighted by Crippen LogP contribution is -2.09. The minimum Gasteiger partial charge on any atom is -0.467 e. The first-order chi connectivity index (χ1) is 19.8. The van der Waals surface area contributed by atoms with Gasteiger partial charge in [-0.05, 0) is 33.7 Å². The van der Waals surface area contributed by atoms with Crippen molar-refractivity contribution in [3.8, 4) is 22.6 Å². The topological polar surface area (TPSA) is 72.6 Å². The molecule has 40 heavy (non-hydrogen) atoms. The Bertz CT molecular complexity index is 1600. The Balaban J connectivity index is 1.71. The van der Waals surface area contributed by atoms with E-state index in [1.54, 1.807) is 26.6 Å². The van der Waals surface area contributed by atoms with Crippen LogP contribution in [0.1, 0.15) is 11.1 Å². The van der Waals surface area contributed by atoms with Gasteiger partial charge in [-0.15, -0.1) is 0 Å². The van der Waals surface area contributed by atoms with Crippen LogP contribution in [-0.4, -0.2) is 46.9 Å². The summed E-state index contributed by atoms with van der Waals surface area (Å²) in [6.45, 7) is 1.36. The lowest BCUT2D eigenvalue weighted by atomic mass is 9.88. The summed E-state index contributed by atoms with van der Waals surface area (Å²) in [5, 5.41) is 4.30. The summed E-state index contributed by atoms with van der Waals surface area (Å²) in [5.74, 6) is 1.47. The lowest BCUT2D eigenvalue weighted by molar-refractivity contribution is 0.0494. The van der Waals surface area contributed by atoms with Crippen molar-refractivity contribution in [2.75, 3.05) is 27.8 Å². The first-order valence-electron chi connectivity index (χ1n) is 13.0. The van der Waals surface area contributed by atoms with Crippen LogP contribution in [0.15, 0.2) is 98.1 Å². The van der Waals surface area contributed by atoms with Crippen molar-refractivity contribution >= 4 is 21.5 Å². The van der Waals surface area contributed by atoms with Gasteiger partial charge < -0.3 is 28.1 Å². The maximum Gasteiger partial charge on any atom is 0.188 e. The normalized spacial score (nSPS) is 11.3. The fourth-order valence-corrected chi connectivity index (χ4v) is 5.22. The van der Waals surface area contributed by atoms with Gasteiger partial charge in [-0.2, -0.15) is 0 Å². The van der Waals surface area contributed by atoms with Gasteiger partial charge in [-0.25, -0.2) is 9.97 Å². The highest BCUT2D eigenvalue weighted by molar-refractivity contribution is 6.10. The molecule has 0 atom stereocenters. The number of ether oxygens (including phenoxy) is 4. The second-order valence-electron chi connectivity index (χ2n) is 9.49. The van der Waals surface area contributed by atoms with Crippen molar-refractivity contribution in [3.05, 3.63) is 109 Å². The summed E-state index contributed by atoms with van der Waals surface area (Å²) in [4.78, 5) is 8.49. The summed E-state index contributed by atoms with van der Waals surface area (Å²) in [5.41, 5.74) is 3.90. The maximum absolute atomic E-state index is 6.42. The number of methoxy groups -OCH3 is 2. The van der Waals surface area contributed by atoms with E-state index in [0.717, 1.165) is 55.3 Å². The summed E-state index contributed by atoms with van der Waals surface area (Å²) in [7, 11) is 3.26. The molecular formula is C32H30N4O4. The quantitative estimate of drug-likeness (QED) is 0.187. The summed E-state index contributed by atoms with van der Waals surface area (Å²) in [6, 6.07) is 21.1. The van der Waals surface area contributed by atoms with E-state index in [9.17, 15) is 0 Å². The van der Waals surface area contributed by atoms with Crippen LogP contribution < -0.4 is 9.47 Å². The molecule has 6 aromatic rings. The molecule has 0 bridgehead atoms. The molecular weight excluding hydrogens is 504 g/mol. The zero-order chi connectivity index (χ0) is 27.3. The monoisotopic (exact) mass is 534 g/mol. The zero-order valence-electron chi connectivity index (χ0n) is 22.5. The number of hydrogen-bond donors (Lipinski definition) is 0. The predicted octanol–water partition coefficient (Wildman–Crippen LogP) is 6.12. The number of imidazole rings is 2. The Morgan fingerprint density at radius 1 is 0.625 bits per heavy atom. The first-order valence-corrected chi connectivity index (χ1v) is 13.0. The molecule has 0 N–H and O–H groups in total. The minimum atomic E-state index is 0.100. The van der Waals surface area contributed by atoms with E-state index in [-0.39, 0.29) is 13.6 Å². The minimum absolute atomic E-state index is 0.100. The van der Waals surface area contributed by atoms with Crippen LogP contribution in [-0.2, 0) is 22.6 Å². The molecule has 8 nitrogen and oxygen atoms in total. The third kappa shape index (κ3) is 5.02. The van der Waals surface area contributed by atoms with E-state index in [1.807, 2.05) is 34.2 Å². The molecule has 2 aromatic heterocycles. The number of aromatic nitrogens is 4. The Kier molecular flexibility index (Phi) is 7.43. The highest BCUT2D eigenvalue weighted by Gasteiger charge is 2.25. The molecule has 202 valence electrons. The summed E-state index contributed by atoms with van der Waals surface area (Å²) < 4.78 is 27.7. The largest absolute Gasteiger partial charge is 0.467 e. The molecule has 0 aliphatic rings. The lowest BCUT2D eigenvalue weighted by Gasteiger charge is -2.24. The summed E-state index contributed by atoms with van der Waals surface area (Å²) in [6.07, 6.45) is 11.1. The number of nitrogens with zero attached hydrogens (tertiary/aromatic N) is 4. The average molecular weight is 535 g/mol. The first kappa shape index (κ1) is 25.6. The molecule has 0 aliphatic carbocycles. The predicted molar refractivity (Wildman–Crippen MR) is 155 cm³/mol. The molecule has 2 heterocycles. The van der Waals surface area contributed by atoms with E-state index >= 15 is 0 Å². The standard InChI is InChI=1S/C32H30N4O4/c1-37-21-39-31-25(17-35-13-11-33-19-35)15-23-7-3-5-9-27(23)29(31)30-28-10-6-4-8-24(28)16-26(32(30)40-22-38-2)18-36-14-12-34-20-36/h3-16,19-20H,17-18,21-22H2,1-2H3. The fraction of sp³-hybridized carbons (Fsp3) is 0.188. The van der Waals surface area contributed by atoms with Gasteiger partial charge in [0.2, 0.25) is 0 Å². The van der Waals surface area contributed by atoms with Crippen molar-refractivity contribution in [3.63, 3.8) is 0 Å². The molecule has 0 fully saturated rings. The van der Waals surface area contributed by atoms with Crippen LogP contribution in [0, 0.1) is 0 Å². The number of fused-ring (bicyclic) bond motifs is 2. The SMILES string of the molecule is COCOc1c(Cn2ccnc2)cc2ccccc2c1-c1c(OCOC)c(Cn2ccnc2)cc2ccccc12. The Hall–Kier alpha value is -4.66. The molecule has 0 spiro atoms. The third-order valence-corrected chi connectivity index (χ3v) is 6.87. The smallest absolute Gasteiger partial charge is 0.188 e. The number of rotatable bonds is 11. The molecule has 0 amide bonds. The Labute approximate surface area is 232 Å². The van der Waals surface area contributed by atoms with Crippen molar-refractivity contribution in [1.29, 1.82) is 0 Å². The van der Waals surface area contributed by atoms with Crippen molar-refractivity contribution < 1.29 is 18.9 Å². The number of hydrogen-bond acceptors (Lipinski definition) is 6. The maximum atomic E-state index is 6.42. The zero-order valence-corrected chi connectivity index (χ0v) is 22.5. The van der Waals surface area contributed by atoms with Gasteiger partial charge in [0.1, 0.15) is 11.5 Å². The van der Waals surface area contributed by atoms with E-state index < -0.39 is 0 Å². The van der Waals surface area contributed by atoms with Crippen LogP contribution >= 0.6 is 0 Å². The Morgan fingerprint density at radius 2 is 1.07 bits per heavy atom. The van der Waals surface area contributed by atoms with E-state index in [2.05, 4.69) is 70.6 Å². The van der Waals surface area contributed by atoms with Crippen molar-refractivity contribution in [2.24, 2.45) is 0 Å². The van der Waals surface area contributed by atoms with Gasteiger partial charge in [0.25, 0.3) is 0 Å². The average Bonchev–Trinajstić information content (AvgIpc) is 3.69. The van der Waals surface area contributed by atoms with Gasteiger partial charge in [0.05, 0.1) is 25.7 Å². The number of benzene rings is 4. The van der Waals surface area contributed by atoms with Crippen LogP contribution in [0.2, 0.25) is 0 Å². The van der Waals surface area contributed by atoms with E-state index in [1.165, 1.54) is 0 Å². The molecule has 0 saturated heterocycles. The highest BCUT2D eigenvalue weighted by atomic mass is 16.7. The highest BCUT2D eigenvalue weighted by Crippen LogP contribution is 2.49. The van der Waals surface area contributed by atoms with E-state index in [0.29, 0.717) is 13.1 Å².